The number of para-hydroxylation sites is 1. The zero-order valence-corrected chi connectivity index (χ0v) is 17.4. The number of H-pyrrole nitrogens is 2. The van der Waals surface area contributed by atoms with Gasteiger partial charge in [-0.25, -0.2) is 4.98 Å². The lowest BCUT2D eigenvalue weighted by Gasteiger charge is -2.25. The van der Waals surface area contributed by atoms with Gasteiger partial charge >= 0.3 is 0 Å². The van der Waals surface area contributed by atoms with Crippen molar-refractivity contribution in [2.24, 2.45) is 5.92 Å². The Hall–Kier alpha value is -2.85. The Balaban J connectivity index is 1.39. The molecule has 0 amide bonds. The third-order valence-corrected chi connectivity index (χ3v) is 6.49. The first-order chi connectivity index (χ1) is 14.9. The van der Waals surface area contributed by atoms with Crippen LogP contribution in [-0.4, -0.2) is 21.5 Å². The van der Waals surface area contributed by atoms with E-state index >= 15 is 0 Å². The van der Waals surface area contributed by atoms with Gasteiger partial charge in [0.05, 0.1) is 17.9 Å². The first-order valence-electron chi connectivity index (χ1n) is 11.3. The molecule has 154 valence electrons. The van der Waals surface area contributed by atoms with E-state index in [1.807, 2.05) is 12.3 Å². The number of nitrogens with one attached hydrogen (secondary N) is 3. The molecule has 1 aliphatic carbocycles. The third-order valence-electron chi connectivity index (χ3n) is 6.49. The minimum Gasteiger partial charge on any atom is -0.361 e. The molecule has 4 heteroatoms. The highest BCUT2D eigenvalue weighted by atomic mass is 15.0. The fraction of sp³-hybridized carbons (Fsp3) is 0.346. The molecule has 4 nitrogen and oxygen atoms in total. The van der Waals surface area contributed by atoms with Crippen molar-refractivity contribution in [1.82, 2.24) is 20.3 Å². The second kappa shape index (κ2) is 8.88. The third kappa shape index (κ3) is 4.19. The number of imidazole rings is 1. The second-order valence-corrected chi connectivity index (χ2v) is 8.58. The van der Waals surface area contributed by atoms with Crippen LogP contribution in [0.2, 0.25) is 0 Å². The van der Waals surface area contributed by atoms with Gasteiger partial charge in [-0.3, -0.25) is 0 Å². The number of aromatic nitrogens is 3. The summed E-state index contributed by atoms with van der Waals surface area (Å²) < 4.78 is 0. The van der Waals surface area contributed by atoms with Crippen molar-refractivity contribution in [3.63, 3.8) is 0 Å². The van der Waals surface area contributed by atoms with Crippen LogP contribution in [0.25, 0.3) is 22.2 Å². The van der Waals surface area contributed by atoms with Crippen LogP contribution in [0.1, 0.15) is 49.5 Å². The van der Waals surface area contributed by atoms with Crippen molar-refractivity contribution in [1.29, 1.82) is 0 Å². The molecule has 1 unspecified atom stereocenters. The highest BCUT2D eigenvalue weighted by molar-refractivity contribution is 5.83. The predicted molar refractivity (Wildman–Crippen MR) is 123 cm³/mol. The molecule has 0 bridgehead atoms. The van der Waals surface area contributed by atoms with Crippen molar-refractivity contribution < 1.29 is 0 Å². The van der Waals surface area contributed by atoms with E-state index in [9.17, 15) is 0 Å². The SMILES string of the molecule is c1ccc(-c2cnc(C(Cc3c[nH]c4ccccc34)NCC3CCCCC3)[nH]2)cc1. The molecule has 2 heterocycles. The number of hydrogen-bond donors (Lipinski definition) is 3. The molecule has 0 saturated heterocycles. The zero-order valence-electron chi connectivity index (χ0n) is 17.4. The maximum Gasteiger partial charge on any atom is 0.124 e. The second-order valence-electron chi connectivity index (χ2n) is 8.58. The van der Waals surface area contributed by atoms with Crippen LogP contribution in [0.5, 0.6) is 0 Å². The molecule has 1 fully saturated rings. The van der Waals surface area contributed by atoms with E-state index in [-0.39, 0.29) is 6.04 Å². The molecule has 30 heavy (non-hydrogen) atoms. The quantitative estimate of drug-likeness (QED) is 0.357. The zero-order chi connectivity index (χ0) is 20.2. The summed E-state index contributed by atoms with van der Waals surface area (Å²) in [6.45, 7) is 1.06. The smallest absolute Gasteiger partial charge is 0.124 e. The van der Waals surface area contributed by atoms with E-state index in [0.29, 0.717) is 0 Å². The van der Waals surface area contributed by atoms with Crippen LogP contribution >= 0.6 is 0 Å². The summed E-state index contributed by atoms with van der Waals surface area (Å²) in [5.41, 5.74) is 4.79. The Morgan fingerprint density at radius 3 is 2.63 bits per heavy atom. The van der Waals surface area contributed by atoms with Crippen molar-refractivity contribution in [2.45, 2.75) is 44.6 Å². The molecule has 3 N–H and O–H groups in total. The summed E-state index contributed by atoms with van der Waals surface area (Å²) in [6, 6.07) is 19.2. The van der Waals surface area contributed by atoms with E-state index in [1.54, 1.807) is 0 Å². The van der Waals surface area contributed by atoms with Crippen LogP contribution in [0.3, 0.4) is 0 Å². The summed E-state index contributed by atoms with van der Waals surface area (Å²) in [7, 11) is 0. The van der Waals surface area contributed by atoms with E-state index < -0.39 is 0 Å². The molecule has 5 rings (SSSR count). The minimum absolute atomic E-state index is 0.170. The summed E-state index contributed by atoms with van der Waals surface area (Å²) in [5.74, 6) is 1.81. The van der Waals surface area contributed by atoms with Gasteiger partial charge < -0.3 is 15.3 Å². The number of aromatic amines is 2. The highest BCUT2D eigenvalue weighted by Crippen LogP contribution is 2.27. The van der Waals surface area contributed by atoms with Crippen LogP contribution in [0.15, 0.2) is 67.0 Å². The molecule has 4 aromatic rings. The fourth-order valence-corrected chi connectivity index (χ4v) is 4.76. The molecule has 0 spiro atoms. The maximum atomic E-state index is 4.79. The summed E-state index contributed by atoms with van der Waals surface area (Å²) in [5, 5.41) is 5.17. The summed E-state index contributed by atoms with van der Waals surface area (Å²) >= 11 is 0. The van der Waals surface area contributed by atoms with Gasteiger partial charge in [0, 0.05) is 17.1 Å². The Bertz CT molecular complexity index is 1070. The van der Waals surface area contributed by atoms with Gasteiger partial charge in [-0.15, -0.1) is 0 Å². The summed E-state index contributed by atoms with van der Waals surface area (Å²) in [4.78, 5) is 11.8. The number of hydrogen-bond acceptors (Lipinski definition) is 2. The first-order valence-corrected chi connectivity index (χ1v) is 11.3. The lowest BCUT2D eigenvalue weighted by Crippen LogP contribution is -2.30. The van der Waals surface area contributed by atoms with Crippen LogP contribution in [0.4, 0.5) is 0 Å². The van der Waals surface area contributed by atoms with Gasteiger partial charge in [-0.2, -0.15) is 0 Å². The number of benzene rings is 2. The van der Waals surface area contributed by atoms with Gasteiger partial charge in [-0.1, -0.05) is 67.8 Å². The Kier molecular flexibility index (Phi) is 5.67. The van der Waals surface area contributed by atoms with E-state index in [2.05, 4.69) is 70.0 Å². The van der Waals surface area contributed by atoms with Gasteiger partial charge in [0.1, 0.15) is 5.82 Å². The Morgan fingerprint density at radius 2 is 1.77 bits per heavy atom. The molecule has 0 radical (unpaired) electrons. The van der Waals surface area contributed by atoms with Crippen molar-refractivity contribution >= 4 is 10.9 Å². The van der Waals surface area contributed by atoms with Crippen LogP contribution < -0.4 is 5.32 Å². The van der Waals surface area contributed by atoms with E-state index in [1.165, 1.54) is 54.1 Å². The van der Waals surface area contributed by atoms with Gasteiger partial charge in [0.25, 0.3) is 0 Å². The molecule has 2 aromatic heterocycles. The van der Waals surface area contributed by atoms with Crippen LogP contribution in [0, 0.1) is 5.92 Å². The molecule has 2 aromatic carbocycles. The predicted octanol–water partition coefficient (Wildman–Crippen LogP) is 6.01. The van der Waals surface area contributed by atoms with E-state index in [4.69, 9.17) is 4.98 Å². The van der Waals surface area contributed by atoms with Crippen molar-refractivity contribution in [3.8, 4) is 11.3 Å². The molecular formula is C26H30N4. The van der Waals surface area contributed by atoms with Crippen molar-refractivity contribution in [3.05, 3.63) is 78.4 Å². The van der Waals surface area contributed by atoms with Gasteiger partial charge in [-0.05, 0) is 48.9 Å². The number of fused-ring (bicyclic) bond motifs is 1. The average Bonchev–Trinajstić information content (AvgIpc) is 3.46. The van der Waals surface area contributed by atoms with Crippen molar-refractivity contribution in [2.75, 3.05) is 6.54 Å². The Labute approximate surface area is 178 Å². The maximum absolute atomic E-state index is 4.79. The molecule has 1 atom stereocenters. The molecule has 1 saturated carbocycles. The van der Waals surface area contributed by atoms with Crippen LogP contribution in [-0.2, 0) is 6.42 Å². The molecular weight excluding hydrogens is 368 g/mol. The van der Waals surface area contributed by atoms with Gasteiger partial charge in [0.15, 0.2) is 0 Å². The largest absolute Gasteiger partial charge is 0.361 e. The lowest BCUT2D eigenvalue weighted by molar-refractivity contribution is 0.325. The molecule has 0 aliphatic heterocycles. The standard InChI is InChI=1S/C26H30N4/c1-3-9-19(10-4-1)16-27-24(15-21-17-28-23-14-8-7-13-22(21)23)26-29-18-25(30-26)20-11-5-2-6-12-20/h2,5-8,11-14,17-19,24,27-28H,1,3-4,9-10,15-16H2,(H,29,30). The monoisotopic (exact) mass is 398 g/mol. The van der Waals surface area contributed by atoms with E-state index in [0.717, 1.165) is 30.4 Å². The highest BCUT2D eigenvalue weighted by Gasteiger charge is 2.21. The average molecular weight is 399 g/mol. The first kappa shape index (κ1) is 19.1. The lowest BCUT2D eigenvalue weighted by atomic mass is 9.89. The minimum atomic E-state index is 0.170. The number of nitrogens with zero attached hydrogens (tertiary/aromatic N) is 1. The Morgan fingerprint density at radius 1 is 0.967 bits per heavy atom. The topological polar surface area (TPSA) is 56.5 Å². The fourth-order valence-electron chi connectivity index (χ4n) is 4.76. The van der Waals surface area contributed by atoms with Gasteiger partial charge in [0.2, 0.25) is 0 Å². The summed E-state index contributed by atoms with van der Waals surface area (Å²) in [6.07, 6.45) is 11.9. The number of rotatable bonds is 7. The molecule has 1 aliphatic rings. The normalized spacial score (nSPS) is 16.1.